The second-order valence-electron chi connectivity index (χ2n) is 6.92. The van der Waals surface area contributed by atoms with Crippen LogP contribution < -0.4 is 5.73 Å². The van der Waals surface area contributed by atoms with Crippen molar-refractivity contribution in [2.75, 3.05) is 5.73 Å². The number of thioether (sulfide) groups is 1. The van der Waals surface area contributed by atoms with Crippen LogP contribution in [0.1, 0.15) is 38.5 Å². The molecule has 0 aliphatic heterocycles. The van der Waals surface area contributed by atoms with Gasteiger partial charge in [-0.05, 0) is 74.5 Å². The van der Waals surface area contributed by atoms with E-state index in [1.54, 1.807) is 0 Å². The normalized spacial score (nSPS) is 39.7. The first-order valence-corrected chi connectivity index (χ1v) is 8.21. The zero-order chi connectivity index (χ0) is 13.0. The van der Waals surface area contributed by atoms with Crippen molar-refractivity contribution in [2.45, 2.75) is 48.2 Å². The molecule has 4 saturated carbocycles. The first kappa shape index (κ1) is 12.0. The van der Waals surface area contributed by atoms with Crippen molar-refractivity contribution in [1.82, 2.24) is 0 Å². The van der Waals surface area contributed by atoms with E-state index in [2.05, 4.69) is 6.07 Å². The van der Waals surface area contributed by atoms with Gasteiger partial charge in [0.15, 0.2) is 0 Å². The molecule has 4 bridgehead atoms. The van der Waals surface area contributed by atoms with E-state index in [9.17, 15) is 5.11 Å². The molecule has 102 valence electrons. The van der Waals surface area contributed by atoms with E-state index in [-0.39, 0.29) is 5.75 Å². The van der Waals surface area contributed by atoms with Crippen LogP contribution in [0.3, 0.4) is 0 Å². The Kier molecular flexibility index (Phi) is 2.57. The number of hydrogen-bond acceptors (Lipinski definition) is 3. The van der Waals surface area contributed by atoms with E-state index >= 15 is 0 Å². The van der Waals surface area contributed by atoms with Crippen molar-refractivity contribution < 1.29 is 5.11 Å². The van der Waals surface area contributed by atoms with Crippen LogP contribution in [0, 0.1) is 17.8 Å². The summed E-state index contributed by atoms with van der Waals surface area (Å²) in [5.74, 6) is 3.15. The number of anilines is 1. The molecule has 3 N–H and O–H groups in total. The van der Waals surface area contributed by atoms with Crippen LogP contribution in [0.25, 0.3) is 0 Å². The summed E-state index contributed by atoms with van der Waals surface area (Å²) < 4.78 is 0.456. The molecular weight excluding hydrogens is 254 g/mol. The average molecular weight is 275 g/mol. The summed E-state index contributed by atoms with van der Waals surface area (Å²) in [5.41, 5.74) is 6.17. The third kappa shape index (κ3) is 2.03. The fourth-order valence-corrected chi connectivity index (χ4v) is 6.76. The molecule has 1 aromatic rings. The van der Waals surface area contributed by atoms with Crippen LogP contribution in [-0.2, 0) is 0 Å². The van der Waals surface area contributed by atoms with Gasteiger partial charge >= 0.3 is 0 Å². The summed E-state index contributed by atoms with van der Waals surface area (Å²) in [4.78, 5) is 1.19. The number of nitrogens with two attached hydrogens (primary N) is 1. The molecule has 1 aromatic carbocycles. The molecule has 0 atom stereocenters. The fourth-order valence-electron chi connectivity index (χ4n) is 4.99. The Labute approximate surface area is 118 Å². The molecule has 2 nitrogen and oxygen atoms in total. The van der Waals surface area contributed by atoms with Crippen molar-refractivity contribution >= 4 is 17.4 Å². The molecule has 0 saturated heterocycles. The third-order valence-corrected chi connectivity index (χ3v) is 6.74. The molecule has 5 rings (SSSR count). The predicted molar refractivity (Wildman–Crippen MR) is 79.3 cm³/mol. The highest BCUT2D eigenvalue weighted by molar-refractivity contribution is 8.00. The van der Waals surface area contributed by atoms with Gasteiger partial charge in [0.25, 0.3) is 0 Å². The summed E-state index contributed by atoms with van der Waals surface area (Å²) in [5, 5.41) is 9.77. The lowest BCUT2D eigenvalue weighted by atomic mass is 9.56. The molecule has 4 aliphatic carbocycles. The zero-order valence-electron chi connectivity index (χ0n) is 11.1. The second kappa shape index (κ2) is 4.08. The van der Waals surface area contributed by atoms with Gasteiger partial charge in [-0.3, -0.25) is 0 Å². The maximum atomic E-state index is 9.77. The Morgan fingerprint density at radius 3 is 2.16 bits per heavy atom. The molecular formula is C16H21NOS. The minimum Gasteiger partial charge on any atom is -0.506 e. The van der Waals surface area contributed by atoms with Crippen LogP contribution in [0.5, 0.6) is 5.75 Å². The topological polar surface area (TPSA) is 46.2 Å². The molecule has 3 heteroatoms. The number of aromatic hydroxyl groups is 1. The largest absolute Gasteiger partial charge is 0.506 e. The molecule has 4 aliphatic rings. The molecule has 0 spiro atoms. The monoisotopic (exact) mass is 275 g/mol. The van der Waals surface area contributed by atoms with E-state index in [1.165, 1.54) is 43.4 Å². The highest BCUT2D eigenvalue weighted by Crippen LogP contribution is 2.62. The SMILES string of the molecule is Nc1ccc(SC23CC4CC(CC(C4)C2)C3)cc1O. The van der Waals surface area contributed by atoms with Crippen LogP contribution in [-0.4, -0.2) is 9.85 Å². The Morgan fingerprint density at radius 2 is 1.63 bits per heavy atom. The van der Waals surface area contributed by atoms with Crippen molar-refractivity contribution in [3.05, 3.63) is 18.2 Å². The maximum Gasteiger partial charge on any atom is 0.139 e. The van der Waals surface area contributed by atoms with Crippen LogP contribution in [0.4, 0.5) is 5.69 Å². The molecule has 0 unspecified atom stereocenters. The van der Waals surface area contributed by atoms with E-state index in [1.807, 2.05) is 23.9 Å². The quantitative estimate of drug-likeness (QED) is 0.632. The van der Waals surface area contributed by atoms with E-state index < -0.39 is 0 Å². The third-order valence-electron chi connectivity index (χ3n) is 5.32. The standard InChI is InChI=1S/C16H21NOS/c17-14-2-1-13(6-15(14)18)19-16-7-10-3-11(8-16)5-12(4-10)9-16/h1-2,6,10-12,18H,3-5,7-9,17H2. The number of hydrogen-bond donors (Lipinski definition) is 2. The second-order valence-corrected chi connectivity index (χ2v) is 8.46. The van der Waals surface area contributed by atoms with Gasteiger partial charge in [0.1, 0.15) is 5.75 Å². The Hall–Kier alpha value is -0.830. The lowest BCUT2D eigenvalue weighted by Crippen LogP contribution is -2.48. The van der Waals surface area contributed by atoms with Crippen molar-refractivity contribution in [3.63, 3.8) is 0 Å². The van der Waals surface area contributed by atoms with Crippen LogP contribution in [0.15, 0.2) is 23.1 Å². The highest BCUT2D eigenvalue weighted by Gasteiger charge is 2.51. The molecule has 4 fully saturated rings. The van der Waals surface area contributed by atoms with Crippen LogP contribution >= 0.6 is 11.8 Å². The first-order valence-electron chi connectivity index (χ1n) is 7.39. The number of phenolic OH excluding ortho intramolecular Hbond substituents is 1. The van der Waals surface area contributed by atoms with Gasteiger partial charge in [0.2, 0.25) is 0 Å². The smallest absolute Gasteiger partial charge is 0.139 e. The predicted octanol–water partition coefficient (Wildman–Crippen LogP) is 4.04. The summed E-state index contributed by atoms with van der Waals surface area (Å²) in [6.45, 7) is 0. The van der Waals surface area contributed by atoms with Gasteiger partial charge in [-0.15, -0.1) is 11.8 Å². The van der Waals surface area contributed by atoms with Gasteiger partial charge in [0.05, 0.1) is 5.69 Å². The molecule has 0 heterocycles. The minimum absolute atomic E-state index is 0.231. The number of phenols is 1. The maximum absolute atomic E-state index is 9.77. The Balaban J connectivity index is 1.60. The summed E-state index contributed by atoms with van der Waals surface area (Å²) in [6.07, 6.45) is 8.59. The van der Waals surface area contributed by atoms with E-state index in [4.69, 9.17) is 5.73 Å². The Bertz CT molecular complexity index is 478. The van der Waals surface area contributed by atoms with Crippen molar-refractivity contribution in [2.24, 2.45) is 17.8 Å². The highest BCUT2D eigenvalue weighted by atomic mass is 32.2. The Morgan fingerprint density at radius 1 is 1.05 bits per heavy atom. The van der Waals surface area contributed by atoms with Crippen LogP contribution in [0.2, 0.25) is 0 Å². The lowest BCUT2D eigenvalue weighted by Gasteiger charge is -2.56. The van der Waals surface area contributed by atoms with E-state index in [0.29, 0.717) is 10.4 Å². The summed E-state index contributed by atoms with van der Waals surface area (Å²) in [7, 11) is 0. The lowest BCUT2D eigenvalue weighted by molar-refractivity contribution is 0.0383. The molecule has 0 aromatic heterocycles. The van der Waals surface area contributed by atoms with Gasteiger partial charge in [-0.2, -0.15) is 0 Å². The minimum atomic E-state index is 0.231. The van der Waals surface area contributed by atoms with Crippen molar-refractivity contribution in [3.8, 4) is 5.75 Å². The zero-order valence-corrected chi connectivity index (χ0v) is 12.0. The fraction of sp³-hybridized carbons (Fsp3) is 0.625. The van der Waals surface area contributed by atoms with E-state index in [0.717, 1.165) is 17.8 Å². The number of rotatable bonds is 2. The molecule has 0 radical (unpaired) electrons. The van der Waals surface area contributed by atoms with Gasteiger partial charge < -0.3 is 10.8 Å². The van der Waals surface area contributed by atoms with Crippen molar-refractivity contribution in [1.29, 1.82) is 0 Å². The van der Waals surface area contributed by atoms with Gasteiger partial charge in [-0.1, -0.05) is 0 Å². The summed E-state index contributed by atoms with van der Waals surface area (Å²) in [6, 6.07) is 5.75. The average Bonchev–Trinajstić information content (AvgIpc) is 2.31. The summed E-state index contributed by atoms with van der Waals surface area (Å²) >= 11 is 2.01. The molecule has 19 heavy (non-hydrogen) atoms. The first-order chi connectivity index (χ1) is 9.12. The van der Waals surface area contributed by atoms with Gasteiger partial charge in [-0.25, -0.2) is 0 Å². The van der Waals surface area contributed by atoms with Gasteiger partial charge in [0, 0.05) is 9.64 Å². The number of nitrogen functional groups attached to an aromatic ring is 1. The molecule has 0 amide bonds. The number of benzene rings is 1.